The molecule has 19 heavy (non-hydrogen) atoms. The van der Waals surface area contributed by atoms with Crippen LogP contribution in [0, 0.1) is 3.57 Å². The van der Waals surface area contributed by atoms with Crippen LogP contribution in [0.25, 0.3) is 0 Å². The third-order valence-electron chi connectivity index (χ3n) is 2.44. The van der Waals surface area contributed by atoms with Crippen LogP contribution in [0.15, 0.2) is 30.6 Å². The zero-order chi connectivity index (χ0) is 13.8. The average molecular weight is 372 g/mol. The molecule has 1 aromatic heterocycles. The Bertz CT molecular complexity index is 597. The van der Waals surface area contributed by atoms with Gasteiger partial charge in [-0.05, 0) is 34.7 Å². The molecule has 1 heterocycles. The largest absolute Gasteiger partial charge is 0.497 e. The van der Waals surface area contributed by atoms with Crippen molar-refractivity contribution in [1.82, 2.24) is 9.78 Å². The van der Waals surface area contributed by atoms with E-state index in [1.807, 2.05) is 0 Å². The lowest BCUT2D eigenvalue weighted by Crippen LogP contribution is -2.19. The molecular weight excluding hydrogens is 359 g/mol. The Kier molecular flexibility index (Phi) is 4.25. The van der Waals surface area contributed by atoms with Crippen LogP contribution < -0.4 is 15.8 Å². The van der Waals surface area contributed by atoms with Gasteiger partial charge in [0, 0.05) is 12.3 Å². The summed E-state index contributed by atoms with van der Waals surface area (Å²) in [6, 6.07) is 5.11. The third-order valence-corrected chi connectivity index (χ3v) is 3.00. The number of hydrogen-bond acceptors (Lipinski definition) is 4. The third kappa shape index (κ3) is 3.60. The molecule has 3 N–H and O–H groups in total. The van der Waals surface area contributed by atoms with E-state index >= 15 is 0 Å². The molecule has 0 aliphatic rings. The minimum absolute atomic E-state index is 0.147. The van der Waals surface area contributed by atoms with Crippen LogP contribution >= 0.6 is 22.6 Å². The molecule has 0 saturated heterocycles. The first-order valence-corrected chi connectivity index (χ1v) is 6.57. The first kappa shape index (κ1) is 13.7. The van der Waals surface area contributed by atoms with Crippen LogP contribution in [0.3, 0.4) is 0 Å². The number of ether oxygens (including phenoxy) is 1. The molecule has 0 aliphatic carbocycles. The van der Waals surface area contributed by atoms with Crippen LogP contribution in [0.2, 0.25) is 0 Å². The van der Waals surface area contributed by atoms with E-state index in [9.17, 15) is 4.79 Å². The SMILES string of the molecule is COc1ccc(NC(=O)Cn2cc(I)cn2)c(N)c1. The number of nitrogens with one attached hydrogen (secondary N) is 1. The molecular formula is C12H13IN4O2. The van der Waals surface area contributed by atoms with E-state index in [4.69, 9.17) is 10.5 Å². The second-order valence-corrected chi connectivity index (χ2v) is 5.10. The molecule has 100 valence electrons. The minimum atomic E-state index is -0.184. The van der Waals surface area contributed by atoms with Gasteiger partial charge in [0.15, 0.2) is 0 Å². The Morgan fingerprint density at radius 1 is 1.58 bits per heavy atom. The number of nitrogens with two attached hydrogens (primary N) is 1. The molecule has 0 atom stereocenters. The van der Waals surface area contributed by atoms with Crippen molar-refractivity contribution in [1.29, 1.82) is 0 Å². The van der Waals surface area contributed by atoms with Gasteiger partial charge >= 0.3 is 0 Å². The standard InChI is InChI=1S/C12H13IN4O2/c1-19-9-2-3-11(10(14)4-9)16-12(18)7-17-6-8(13)5-15-17/h2-6H,7,14H2,1H3,(H,16,18). The van der Waals surface area contributed by atoms with E-state index in [1.165, 1.54) is 0 Å². The van der Waals surface area contributed by atoms with Gasteiger partial charge in [-0.15, -0.1) is 0 Å². The molecule has 0 bridgehead atoms. The van der Waals surface area contributed by atoms with Gasteiger partial charge in [-0.3, -0.25) is 9.48 Å². The number of carbonyl (C=O) groups is 1. The highest BCUT2D eigenvalue weighted by Crippen LogP contribution is 2.23. The molecule has 0 fully saturated rings. The maximum Gasteiger partial charge on any atom is 0.246 e. The Labute approximate surface area is 124 Å². The van der Waals surface area contributed by atoms with Gasteiger partial charge in [0.1, 0.15) is 12.3 Å². The number of amides is 1. The normalized spacial score (nSPS) is 10.2. The molecule has 0 unspecified atom stereocenters. The van der Waals surface area contributed by atoms with Gasteiger partial charge in [-0.1, -0.05) is 0 Å². The van der Waals surface area contributed by atoms with Gasteiger partial charge in [-0.2, -0.15) is 5.10 Å². The van der Waals surface area contributed by atoms with Crippen LogP contribution in [0.1, 0.15) is 0 Å². The smallest absolute Gasteiger partial charge is 0.246 e. The summed E-state index contributed by atoms with van der Waals surface area (Å²) in [5, 5.41) is 6.78. The summed E-state index contributed by atoms with van der Waals surface area (Å²) in [6.07, 6.45) is 3.48. The molecule has 0 saturated carbocycles. The van der Waals surface area contributed by atoms with E-state index in [2.05, 4.69) is 33.0 Å². The number of halogens is 1. The number of methoxy groups -OCH3 is 1. The van der Waals surface area contributed by atoms with Crippen LogP contribution in [-0.2, 0) is 11.3 Å². The zero-order valence-corrected chi connectivity index (χ0v) is 12.4. The van der Waals surface area contributed by atoms with Crippen molar-refractivity contribution in [2.45, 2.75) is 6.54 Å². The second kappa shape index (κ2) is 5.91. The predicted molar refractivity (Wildman–Crippen MR) is 81.0 cm³/mol. The predicted octanol–water partition coefficient (Wildman–Crippen LogP) is 1.72. The Morgan fingerprint density at radius 2 is 2.37 bits per heavy atom. The lowest BCUT2D eigenvalue weighted by molar-refractivity contribution is -0.116. The monoisotopic (exact) mass is 372 g/mol. The molecule has 0 aliphatic heterocycles. The molecule has 2 rings (SSSR count). The molecule has 7 heteroatoms. The van der Waals surface area contributed by atoms with Crippen molar-refractivity contribution in [2.24, 2.45) is 0 Å². The summed E-state index contributed by atoms with van der Waals surface area (Å²) >= 11 is 2.14. The van der Waals surface area contributed by atoms with E-state index < -0.39 is 0 Å². The minimum Gasteiger partial charge on any atom is -0.497 e. The van der Waals surface area contributed by atoms with E-state index in [-0.39, 0.29) is 12.5 Å². The van der Waals surface area contributed by atoms with E-state index in [0.717, 1.165) is 3.57 Å². The van der Waals surface area contributed by atoms with Crippen LogP contribution in [-0.4, -0.2) is 22.8 Å². The first-order chi connectivity index (χ1) is 9.08. The summed E-state index contributed by atoms with van der Waals surface area (Å²) in [7, 11) is 1.56. The molecule has 1 aromatic carbocycles. The fraction of sp³-hybridized carbons (Fsp3) is 0.167. The number of benzene rings is 1. The van der Waals surface area contributed by atoms with Crippen LogP contribution in [0.5, 0.6) is 5.75 Å². The number of anilines is 2. The number of aromatic nitrogens is 2. The lowest BCUT2D eigenvalue weighted by Gasteiger charge is -2.09. The van der Waals surface area contributed by atoms with Gasteiger partial charge in [0.25, 0.3) is 0 Å². The van der Waals surface area contributed by atoms with E-state index in [1.54, 1.807) is 42.4 Å². The fourth-order valence-electron chi connectivity index (χ4n) is 1.54. The average Bonchev–Trinajstić information content (AvgIpc) is 2.77. The Hall–Kier alpha value is -1.77. The highest BCUT2D eigenvalue weighted by molar-refractivity contribution is 14.1. The number of nitrogens with zero attached hydrogens (tertiary/aromatic N) is 2. The summed E-state index contributed by atoms with van der Waals surface area (Å²) < 4.78 is 7.59. The van der Waals surface area contributed by atoms with Crippen molar-refractivity contribution < 1.29 is 9.53 Å². The lowest BCUT2D eigenvalue weighted by atomic mass is 10.2. The first-order valence-electron chi connectivity index (χ1n) is 5.50. The van der Waals surface area contributed by atoms with Crippen molar-refractivity contribution in [3.63, 3.8) is 0 Å². The van der Waals surface area contributed by atoms with Crippen molar-refractivity contribution in [3.05, 3.63) is 34.2 Å². The highest BCUT2D eigenvalue weighted by atomic mass is 127. The van der Waals surface area contributed by atoms with Gasteiger partial charge in [-0.25, -0.2) is 0 Å². The Balaban J connectivity index is 2.02. The second-order valence-electron chi connectivity index (χ2n) is 3.86. The zero-order valence-electron chi connectivity index (χ0n) is 10.3. The fourth-order valence-corrected chi connectivity index (χ4v) is 1.99. The maximum absolute atomic E-state index is 11.8. The van der Waals surface area contributed by atoms with Gasteiger partial charge in [0.2, 0.25) is 5.91 Å². The van der Waals surface area contributed by atoms with Crippen molar-refractivity contribution in [2.75, 3.05) is 18.2 Å². The molecule has 6 nitrogen and oxygen atoms in total. The van der Waals surface area contributed by atoms with Gasteiger partial charge < -0.3 is 15.8 Å². The maximum atomic E-state index is 11.8. The number of rotatable bonds is 4. The molecule has 1 amide bonds. The van der Waals surface area contributed by atoms with E-state index in [0.29, 0.717) is 17.1 Å². The Morgan fingerprint density at radius 3 is 2.95 bits per heavy atom. The summed E-state index contributed by atoms with van der Waals surface area (Å²) in [6.45, 7) is 0.147. The molecule has 0 radical (unpaired) electrons. The summed E-state index contributed by atoms with van der Waals surface area (Å²) in [4.78, 5) is 11.8. The van der Waals surface area contributed by atoms with Crippen molar-refractivity contribution in [3.8, 4) is 5.75 Å². The number of hydrogen-bond donors (Lipinski definition) is 2. The number of carbonyl (C=O) groups excluding carboxylic acids is 1. The topological polar surface area (TPSA) is 82.2 Å². The quantitative estimate of drug-likeness (QED) is 0.633. The van der Waals surface area contributed by atoms with Crippen LogP contribution in [0.4, 0.5) is 11.4 Å². The summed E-state index contributed by atoms with van der Waals surface area (Å²) in [5.41, 5.74) is 6.85. The highest BCUT2D eigenvalue weighted by Gasteiger charge is 2.07. The molecule has 0 spiro atoms. The van der Waals surface area contributed by atoms with Gasteiger partial charge in [0.05, 0.1) is 28.3 Å². The summed E-state index contributed by atoms with van der Waals surface area (Å²) in [5.74, 6) is 0.466. The molecule has 2 aromatic rings. The van der Waals surface area contributed by atoms with Crippen molar-refractivity contribution >= 4 is 39.9 Å². The number of nitrogen functional groups attached to an aromatic ring is 1.